The average molecular weight is 345 g/mol. The molecule has 2 atom stereocenters. The monoisotopic (exact) mass is 345 g/mol. The van der Waals surface area contributed by atoms with Gasteiger partial charge in [0.15, 0.2) is 0 Å². The number of fused-ring (bicyclic) bond motifs is 1. The molecular weight excluding hydrogens is 322 g/mol. The van der Waals surface area contributed by atoms with Crippen molar-refractivity contribution in [1.82, 2.24) is 15.2 Å². The van der Waals surface area contributed by atoms with Crippen LogP contribution in [-0.4, -0.2) is 34.2 Å². The fraction of sp³-hybridized carbons (Fsp3) is 0.444. The van der Waals surface area contributed by atoms with Crippen molar-refractivity contribution in [3.05, 3.63) is 51.5 Å². The Labute approximate surface area is 146 Å². The second-order valence-electron chi connectivity index (χ2n) is 6.08. The molecule has 1 aliphatic rings. The van der Waals surface area contributed by atoms with Crippen molar-refractivity contribution in [2.75, 3.05) is 13.2 Å². The zero-order chi connectivity index (χ0) is 17.1. The third-order valence-corrected chi connectivity index (χ3v) is 5.56. The van der Waals surface area contributed by atoms with Gasteiger partial charge in [0.2, 0.25) is 0 Å². The van der Waals surface area contributed by atoms with E-state index in [1.165, 1.54) is 5.56 Å². The highest BCUT2D eigenvalue weighted by Crippen LogP contribution is 2.30. The summed E-state index contributed by atoms with van der Waals surface area (Å²) in [5.74, 6) is 0. The van der Waals surface area contributed by atoms with Crippen molar-refractivity contribution in [2.24, 2.45) is 0 Å². The van der Waals surface area contributed by atoms with Gasteiger partial charge in [-0.2, -0.15) is 0 Å². The van der Waals surface area contributed by atoms with E-state index in [9.17, 15) is 9.90 Å². The summed E-state index contributed by atoms with van der Waals surface area (Å²) in [6.07, 6.45) is 1.60. The van der Waals surface area contributed by atoms with Crippen molar-refractivity contribution in [3.63, 3.8) is 0 Å². The van der Waals surface area contributed by atoms with Crippen LogP contribution in [0.15, 0.2) is 29.6 Å². The van der Waals surface area contributed by atoms with Gasteiger partial charge in [-0.1, -0.05) is 31.2 Å². The van der Waals surface area contributed by atoms with Gasteiger partial charge in [-0.25, -0.2) is 9.78 Å². The molecule has 0 radical (unpaired) electrons. The maximum absolute atomic E-state index is 12.8. The summed E-state index contributed by atoms with van der Waals surface area (Å²) in [4.78, 5) is 19.0. The predicted octanol–water partition coefficient (Wildman–Crippen LogP) is 3.20. The molecule has 0 spiro atoms. The maximum atomic E-state index is 12.8. The number of urea groups is 1. The number of aryl methyl sites for hydroxylation is 1. The lowest BCUT2D eigenvalue weighted by molar-refractivity contribution is 0.124. The second kappa shape index (κ2) is 7.32. The van der Waals surface area contributed by atoms with Crippen LogP contribution in [0.2, 0.25) is 0 Å². The predicted molar refractivity (Wildman–Crippen MR) is 95.1 cm³/mol. The number of carbonyl (C=O) groups excluding carboxylic acids is 1. The Morgan fingerprint density at radius 3 is 2.96 bits per heavy atom. The van der Waals surface area contributed by atoms with E-state index in [2.05, 4.69) is 16.4 Å². The molecular formula is C18H23N3O2S. The third-order valence-electron chi connectivity index (χ3n) is 4.49. The van der Waals surface area contributed by atoms with Gasteiger partial charge in [0.1, 0.15) is 5.01 Å². The molecule has 128 valence electrons. The first-order valence-corrected chi connectivity index (χ1v) is 9.19. The first-order valence-electron chi connectivity index (χ1n) is 8.31. The van der Waals surface area contributed by atoms with E-state index in [4.69, 9.17) is 0 Å². The number of thiazole rings is 1. The van der Waals surface area contributed by atoms with Gasteiger partial charge in [0.05, 0.1) is 18.7 Å². The van der Waals surface area contributed by atoms with Crippen LogP contribution >= 0.6 is 11.3 Å². The molecule has 2 unspecified atom stereocenters. The number of rotatable bonds is 4. The van der Waals surface area contributed by atoms with Crippen LogP contribution in [0.4, 0.5) is 4.79 Å². The number of benzene rings is 1. The molecule has 0 fully saturated rings. The van der Waals surface area contributed by atoms with Crippen molar-refractivity contribution < 1.29 is 9.90 Å². The average Bonchev–Trinajstić information content (AvgIpc) is 3.04. The van der Waals surface area contributed by atoms with E-state index in [0.29, 0.717) is 6.54 Å². The molecule has 2 amide bonds. The van der Waals surface area contributed by atoms with Crippen molar-refractivity contribution in [3.8, 4) is 0 Å². The highest BCUT2D eigenvalue weighted by Gasteiger charge is 2.31. The minimum absolute atomic E-state index is 0.0718. The summed E-state index contributed by atoms with van der Waals surface area (Å²) in [7, 11) is 0. The van der Waals surface area contributed by atoms with E-state index < -0.39 is 0 Å². The van der Waals surface area contributed by atoms with Gasteiger partial charge < -0.3 is 15.3 Å². The Morgan fingerprint density at radius 1 is 1.50 bits per heavy atom. The summed E-state index contributed by atoms with van der Waals surface area (Å²) < 4.78 is 0. The van der Waals surface area contributed by atoms with Gasteiger partial charge in [0, 0.05) is 17.6 Å². The van der Waals surface area contributed by atoms with Crippen LogP contribution in [0, 0.1) is 6.92 Å². The minimum Gasteiger partial charge on any atom is -0.394 e. The normalized spacial score (nSPS) is 18.1. The number of aliphatic hydroxyl groups is 1. The highest BCUT2D eigenvalue weighted by atomic mass is 32.1. The van der Waals surface area contributed by atoms with Gasteiger partial charge in [-0.15, -0.1) is 11.3 Å². The number of hydrogen-bond acceptors (Lipinski definition) is 4. The first-order chi connectivity index (χ1) is 11.6. The fourth-order valence-corrected chi connectivity index (χ4v) is 4.12. The topological polar surface area (TPSA) is 65.5 Å². The zero-order valence-corrected chi connectivity index (χ0v) is 14.8. The molecule has 0 saturated carbocycles. The highest BCUT2D eigenvalue weighted by molar-refractivity contribution is 7.09. The summed E-state index contributed by atoms with van der Waals surface area (Å²) in [6, 6.07) is 7.51. The van der Waals surface area contributed by atoms with E-state index in [1.807, 2.05) is 37.4 Å². The molecule has 1 aromatic heterocycles. The molecule has 0 bridgehead atoms. The third kappa shape index (κ3) is 3.30. The van der Waals surface area contributed by atoms with Gasteiger partial charge in [-0.3, -0.25) is 0 Å². The van der Waals surface area contributed by atoms with Gasteiger partial charge in [-0.05, 0) is 30.9 Å². The SMILES string of the molecule is CCC(NC(=O)N1CCc2ccccc2C1CO)c1nc(C)cs1. The van der Waals surface area contributed by atoms with E-state index in [1.54, 1.807) is 16.2 Å². The molecule has 0 saturated heterocycles. The summed E-state index contributed by atoms with van der Waals surface area (Å²) in [6.45, 7) is 4.54. The van der Waals surface area contributed by atoms with Gasteiger partial charge in [0.25, 0.3) is 0 Å². The number of amides is 2. The maximum Gasteiger partial charge on any atom is 0.318 e. The number of aromatic nitrogens is 1. The van der Waals surface area contributed by atoms with Crippen LogP contribution in [-0.2, 0) is 6.42 Å². The Hall–Kier alpha value is -1.92. The quantitative estimate of drug-likeness (QED) is 0.894. The van der Waals surface area contributed by atoms with Crippen LogP contribution < -0.4 is 5.32 Å². The summed E-state index contributed by atoms with van der Waals surface area (Å²) in [5.41, 5.74) is 3.23. The lowest BCUT2D eigenvalue weighted by Crippen LogP contribution is -2.47. The smallest absolute Gasteiger partial charge is 0.318 e. The molecule has 1 aliphatic heterocycles. The summed E-state index contributed by atoms with van der Waals surface area (Å²) in [5, 5.41) is 15.9. The van der Waals surface area contributed by atoms with E-state index >= 15 is 0 Å². The number of carbonyl (C=O) groups is 1. The molecule has 6 heteroatoms. The van der Waals surface area contributed by atoms with Crippen LogP contribution in [0.3, 0.4) is 0 Å². The number of aliphatic hydroxyl groups excluding tert-OH is 1. The Balaban J connectivity index is 1.77. The molecule has 3 rings (SSSR count). The first kappa shape index (κ1) is 16.9. The fourth-order valence-electron chi connectivity index (χ4n) is 3.19. The second-order valence-corrected chi connectivity index (χ2v) is 6.97. The lowest BCUT2D eigenvalue weighted by atomic mass is 9.93. The van der Waals surface area contributed by atoms with Crippen molar-refractivity contribution >= 4 is 17.4 Å². The van der Waals surface area contributed by atoms with E-state index in [0.717, 1.165) is 29.1 Å². The largest absolute Gasteiger partial charge is 0.394 e. The molecule has 1 aromatic carbocycles. The van der Waals surface area contributed by atoms with Crippen molar-refractivity contribution in [1.29, 1.82) is 0 Å². The van der Waals surface area contributed by atoms with Crippen molar-refractivity contribution in [2.45, 2.75) is 38.8 Å². The lowest BCUT2D eigenvalue weighted by Gasteiger charge is -2.37. The molecule has 5 nitrogen and oxygen atoms in total. The zero-order valence-electron chi connectivity index (χ0n) is 14.0. The van der Waals surface area contributed by atoms with Gasteiger partial charge >= 0.3 is 6.03 Å². The Kier molecular flexibility index (Phi) is 5.16. The Bertz CT molecular complexity index is 716. The number of nitrogens with one attached hydrogen (secondary N) is 1. The summed E-state index contributed by atoms with van der Waals surface area (Å²) >= 11 is 1.57. The molecule has 24 heavy (non-hydrogen) atoms. The van der Waals surface area contributed by atoms with Crippen LogP contribution in [0.1, 0.15) is 47.3 Å². The Morgan fingerprint density at radius 2 is 2.29 bits per heavy atom. The molecule has 2 N–H and O–H groups in total. The number of nitrogens with zero attached hydrogens (tertiary/aromatic N) is 2. The molecule has 2 aromatic rings. The number of hydrogen-bond donors (Lipinski definition) is 2. The van der Waals surface area contributed by atoms with E-state index in [-0.39, 0.29) is 24.7 Å². The van der Waals surface area contributed by atoms with Crippen LogP contribution in [0.25, 0.3) is 0 Å². The van der Waals surface area contributed by atoms with Crippen LogP contribution in [0.5, 0.6) is 0 Å². The standard InChI is InChI=1S/C18H23N3O2S/c1-3-15(17-19-12(2)11-24-17)20-18(23)21-9-8-13-6-4-5-7-14(13)16(21)10-22/h4-7,11,15-16,22H,3,8-10H2,1-2H3,(H,20,23). The molecule has 0 aliphatic carbocycles. The molecule has 2 heterocycles. The minimum atomic E-state index is -0.287.